The number of ether oxygens (including phenoxy) is 1. The summed E-state index contributed by atoms with van der Waals surface area (Å²) >= 11 is 1.54. The summed E-state index contributed by atoms with van der Waals surface area (Å²) in [6, 6.07) is 7.55. The summed E-state index contributed by atoms with van der Waals surface area (Å²) in [6.45, 7) is 8.97. The second kappa shape index (κ2) is 10.1. The number of amides is 2. The zero-order valence-electron chi connectivity index (χ0n) is 18.1. The fraction of sp³-hybridized carbons (Fsp3) is 0.478. The molecule has 0 spiro atoms. The van der Waals surface area contributed by atoms with Gasteiger partial charge in [0.15, 0.2) is 0 Å². The molecular formula is C23H31N3O3S. The Balaban J connectivity index is 1.82. The van der Waals surface area contributed by atoms with Gasteiger partial charge < -0.3 is 20.7 Å². The first-order chi connectivity index (χ1) is 14.4. The maximum atomic E-state index is 13.2. The first kappa shape index (κ1) is 22.3. The molecule has 1 heterocycles. The molecule has 0 saturated heterocycles. The van der Waals surface area contributed by atoms with E-state index in [0.29, 0.717) is 28.8 Å². The van der Waals surface area contributed by atoms with Gasteiger partial charge in [0.25, 0.3) is 5.91 Å². The molecule has 0 aliphatic heterocycles. The average Bonchev–Trinajstić information content (AvgIpc) is 3.04. The van der Waals surface area contributed by atoms with Crippen molar-refractivity contribution in [3.05, 3.63) is 40.3 Å². The normalized spacial score (nSPS) is 15.6. The third kappa shape index (κ3) is 5.61. The maximum Gasteiger partial charge on any atom is 0.258 e. The van der Waals surface area contributed by atoms with Crippen LogP contribution in [0.1, 0.15) is 54.9 Å². The zero-order chi connectivity index (χ0) is 21.7. The molecule has 0 saturated carbocycles. The number of anilines is 2. The average molecular weight is 430 g/mol. The van der Waals surface area contributed by atoms with Gasteiger partial charge in [0.05, 0.1) is 18.7 Å². The Bertz CT molecular complexity index is 890. The van der Waals surface area contributed by atoms with Crippen molar-refractivity contribution in [1.82, 2.24) is 5.32 Å². The second-order valence-corrected chi connectivity index (χ2v) is 9.16. The molecule has 0 fully saturated rings. The van der Waals surface area contributed by atoms with Crippen LogP contribution in [0.15, 0.2) is 24.3 Å². The molecule has 2 aromatic rings. The minimum atomic E-state index is -0.182. The lowest BCUT2D eigenvalue weighted by molar-refractivity contribution is -0.115. The standard InChI is InChI=1S/C23H31N3O3S/c1-5-29-17-9-7-16(8-10-17)25-22(28)21-18-11-6-15(4)12-19(18)30-23(21)26-20(27)13-24-14(2)3/h7-10,14-15,24H,5-6,11-13H2,1-4H3,(H,25,28)(H,26,27)/t15-/m1/s1. The molecule has 3 N–H and O–H groups in total. The molecule has 1 atom stereocenters. The quantitative estimate of drug-likeness (QED) is 0.579. The van der Waals surface area contributed by atoms with Crippen LogP contribution in [-0.4, -0.2) is 31.0 Å². The summed E-state index contributed by atoms with van der Waals surface area (Å²) in [5.74, 6) is 1.04. The summed E-state index contributed by atoms with van der Waals surface area (Å²) in [6.07, 6.45) is 2.86. The molecule has 0 bridgehead atoms. The number of fused-ring (bicyclic) bond motifs is 1. The molecule has 2 amide bonds. The lowest BCUT2D eigenvalue weighted by Gasteiger charge is -2.18. The summed E-state index contributed by atoms with van der Waals surface area (Å²) in [7, 11) is 0. The van der Waals surface area contributed by atoms with Crippen LogP contribution in [0.5, 0.6) is 5.75 Å². The summed E-state index contributed by atoms with van der Waals surface area (Å²) in [5, 5.41) is 9.72. The Labute approximate surface area is 182 Å². The lowest BCUT2D eigenvalue weighted by atomic mass is 9.88. The van der Waals surface area contributed by atoms with E-state index in [4.69, 9.17) is 4.74 Å². The molecular weight excluding hydrogens is 398 g/mol. The number of thiophene rings is 1. The predicted molar refractivity (Wildman–Crippen MR) is 123 cm³/mol. The number of hydrogen-bond donors (Lipinski definition) is 3. The van der Waals surface area contributed by atoms with Crippen molar-refractivity contribution < 1.29 is 14.3 Å². The van der Waals surface area contributed by atoms with Crippen molar-refractivity contribution in [3.63, 3.8) is 0 Å². The largest absolute Gasteiger partial charge is 0.494 e. The summed E-state index contributed by atoms with van der Waals surface area (Å²) in [5.41, 5.74) is 2.38. The fourth-order valence-electron chi connectivity index (χ4n) is 3.54. The van der Waals surface area contributed by atoms with E-state index in [0.717, 1.165) is 30.6 Å². The van der Waals surface area contributed by atoms with Gasteiger partial charge in [-0.1, -0.05) is 20.8 Å². The van der Waals surface area contributed by atoms with Crippen molar-refractivity contribution in [2.75, 3.05) is 23.8 Å². The van der Waals surface area contributed by atoms with Crippen molar-refractivity contribution in [2.45, 2.75) is 53.0 Å². The molecule has 7 heteroatoms. The second-order valence-electron chi connectivity index (χ2n) is 8.05. The van der Waals surface area contributed by atoms with E-state index in [2.05, 4.69) is 22.9 Å². The molecule has 1 aliphatic carbocycles. The van der Waals surface area contributed by atoms with Crippen LogP contribution in [0, 0.1) is 5.92 Å². The summed E-state index contributed by atoms with van der Waals surface area (Å²) < 4.78 is 5.46. The van der Waals surface area contributed by atoms with E-state index in [-0.39, 0.29) is 24.4 Å². The highest BCUT2D eigenvalue weighted by atomic mass is 32.1. The van der Waals surface area contributed by atoms with E-state index in [1.807, 2.05) is 45.0 Å². The van der Waals surface area contributed by atoms with Crippen LogP contribution in [0.3, 0.4) is 0 Å². The van der Waals surface area contributed by atoms with Crippen molar-refractivity contribution in [3.8, 4) is 5.75 Å². The maximum absolute atomic E-state index is 13.2. The van der Waals surface area contributed by atoms with Crippen molar-refractivity contribution >= 4 is 33.8 Å². The summed E-state index contributed by atoms with van der Waals surface area (Å²) in [4.78, 5) is 26.8. The molecule has 0 radical (unpaired) electrons. The van der Waals surface area contributed by atoms with Crippen molar-refractivity contribution in [2.24, 2.45) is 5.92 Å². The van der Waals surface area contributed by atoms with Gasteiger partial charge in [-0.05, 0) is 61.9 Å². The van der Waals surface area contributed by atoms with Crippen LogP contribution >= 0.6 is 11.3 Å². The Kier molecular flexibility index (Phi) is 7.50. The zero-order valence-corrected chi connectivity index (χ0v) is 18.9. The number of rotatable bonds is 8. The first-order valence-electron chi connectivity index (χ1n) is 10.6. The van der Waals surface area contributed by atoms with Gasteiger partial charge in [0, 0.05) is 16.6 Å². The molecule has 162 valence electrons. The van der Waals surface area contributed by atoms with Gasteiger partial charge in [0.1, 0.15) is 10.8 Å². The SMILES string of the molecule is CCOc1ccc(NC(=O)c2c(NC(=O)CNC(C)C)sc3c2CC[C@@H](C)C3)cc1. The first-order valence-corrected chi connectivity index (χ1v) is 11.4. The van der Waals surface area contributed by atoms with Gasteiger partial charge >= 0.3 is 0 Å². The van der Waals surface area contributed by atoms with Gasteiger partial charge in [-0.2, -0.15) is 0 Å². The third-order valence-corrected chi connectivity index (χ3v) is 6.26. The van der Waals surface area contributed by atoms with Crippen LogP contribution in [-0.2, 0) is 17.6 Å². The van der Waals surface area contributed by atoms with Crippen molar-refractivity contribution in [1.29, 1.82) is 0 Å². The van der Waals surface area contributed by atoms with Gasteiger partial charge in [-0.3, -0.25) is 9.59 Å². The number of carbonyl (C=O) groups is 2. The molecule has 3 rings (SSSR count). The Morgan fingerprint density at radius 2 is 1.93 bits per heavy atom. The Morgan fingerprint density at radius 1 is 1.20 bits per heavy atom. The highest BCUT2D eigenvalue weighted by Gasteiger charge is 2.28. The smallest absolute Gasteiger partial charge is 0.258 e. The number of nitrogens with one attached hydrogen (secondary N) is 3. The highest BCUT2D eigenvalue weighted by Crippen LogP contribution is 2.40. The van der Waals surface area contributed by atoms with Gasteiger partial charge in [0.2, 0.25) is 5.91 Å². The topological polar surface area (TPSA) is 79.5 Å². The van der Waals surface area contributed by atoms with Crippen LogP contribution in [0.4, 0.5) is 10.7 Å². The molecule has 1 aromatic carbocycles. The van der Waals surface area contributed by atoms with Crippen LogP contribution in [0.2, 0.25) is 0 Å². The van der Waals surface area contributed by atoms with E-state index >= 15 is 0 Å². The molecule has 0 unspecified atom stereocenters. The van der Waals surface area contributed by atoms with Gasteiger partial charge in [-0.15, -0.1) is 11.3 Å². The van der Waals surface area contributed by atoms with Crippen LogP contribution in [0.25, 0.3) is 0 Å². The number of hydrogen-bond acceptors (Lipinski definition) is 5. The molecule has 6 nitrogen and oxygen atoms in total. The Morgan fingerprint density at radius 3 is 2.60 bits per heavy atom. The minimum absolute atomic E-state index is 0.134. The number of benzene rings is 1. The van der Waals surface area contributed by atoms with Crippen LogP contribution < -0.4 is 20.7 Å². The molecule has 30 heavy (non-hydrogen) atoms. The lowest BCUT2D eigenvalue weighted by Crippen LogP contribution is -2.32. The monoisotopic (exact) mass is 429 g/mol. The third-order valence-electron chi connectivity index (χ3n) is 5.09. The molecule has 1 aromatic heterocycles. The van der Waals surface area contributed by atoms with E-state index in [1.165, 1.54) is 16.2 Å². The highest BCUT2D eigenvalue weighted by molar-refractivity contribution is 7.17. The fourth-order valence-corrected chi connectivity index (χ4v) is 4.97. The Hall–Kier alpha value is -2.38. The van der Waals surface area contributed by atoms with E-state index < -0.39 is 0 Å². The van der Waals surface area contributed by atoms with E-state index in [1.54, 1.807) is 0 Å². The van der Waals surface area contributed by atoms with Gasteiger partial charge in [-0.25, -0.2) is 0 Å². The minimum Gasteiger partial charge on any atom is -0.494 e. The predicted octanol–water partition coefficient (Wildman–Crippen LogP) is 4.46. The van der Waals surface area contributed by atoms with E-state index in [9.17, 15) is 9.59 Å². The molecule has 1 aliphatic rings. The number of carbonyl (C=O) groups excluding carboxylic acids is 2.